The number of nitrogens with zero attached hydrogens (tertiary/aromatic N) is 3. The molecule has 0 saturated carbocycles. The summed E-state index contributed by atoms with van der Waals surface area (Å²) in [5.74, 6) is 1.85. The van der Waals surface area contributed by atoms with Gasteiger partial charge in [0.25, 0.3) is 0 Å². The normalized spacial score (nSPS) is 10.8. The molecule has 0 amide bonds. The number of rotatable bonds is 3. The highest BCUT2D eigenvalue weighted by atomic mass is 16.3. The third-order valence-electron chi connectivity index (χ3n) is 3.50. The first-order valence-electron chi connectivity index (χ1n) is 6.75. The third kappa shape index (κ3) is 1.79. The first kappa shape index (κ1) is 12.5. The molecule has 0 bridgehead atoms. The minimum absolute atomic E-state index is 0.632. The number of aromatic nitrogens is 2. The second-order valence-electron chi connectivity index (χ2n) is 4.61. The fourth-order valence-corrected chi connectivity index (χ4v) is 2.54. The predicted molar refractivity (Wildman–Crippen MR) is 77.2 cm³/mol. The number of hydrogen-bond donors (Lipinski definition) is 0. The number of aryl methyl sites for hydroxylation is 2. The maximum absolute atomic E-state index is 9.00. The maximum Gasteiger partial charge on any atom is 0.144 e. The fourth-order valence-electron chi connectivity index (χ4n) is 2.54. The van der Waals surface area contributed by atoms with Crippen LogP contribution in [0.25, 0.3) is 22.4 Å². The molecular formula is C16H15N3O. The van der Waals surface area contributed by atoms with E-state index in [4.69, 9.17) is 14.7 Å². The van der Waals surface area contributed by atoms with Crippen LogP contribution < -0.4 is 0 Å². The van der Waals surface area contributed by atoms with E-state index in [0.717, 1.165) is 41.1 Å². The molecule has 2 aromatic heterocycles. The molecule has 2 heterocycles. The number of furan rings is 1. The Morgan fingerprint density at radius 1 is 1.30 bits per heavy atom. The highest BCUT2D eigenvalue weighted by Crippen LogP contribution is 2.29. The molecule has 100 valence electrons. The molecule has 3 aromatic rings. The van der Waals surface area contributed by atoms with Crippen LogP contribution in [0.15, 0.2) is 34.9 Å². The quantitative estimate of drug-likeness (QED) is 0.724. The van der Waals surface area contributed by atoms with E-state index in [2.05, 4.69) is 24.5 Å². The topological polar surface area (TPSA) is 54.8 Å². The van der Waals surface area contributed by atoms with E-state index in [9.17, 15) is 0 Å². The lowest BCUT2D eigenvalue weighted by Crippen LogP contribution is -1.98. The van der Waals surface area contributed by atoms with Gasteiger partial charge in [0, 0.05) is 13.0 Å². The molecule has 0 unspecified atom stereocenters. The molecule has 0 aliphatic carbocycles. The lowest BCUT2D eigenvalue weighted by molar-refractivity contribution is 0.516. The van der Waals surface area contributed by atoms with Crippen LogP contribution in [-0.4, -0.2) is 9.55 Å². The van der Waals surface area contributed by atoms with Gasteiger partial charge in [-0.1, -0.05) is 6.92 Å². The van der Waals surface area contributed by atoms with Gasteiger partial charge in [0.15, 0.2) is 0 Å². The zero-order valence-electron chi connectivity index (χ0n) is 11.6. The first-order valence-corrected chi connectivity index (χ1v) is 6.75. The maximum atomic E-state index is 9.00. The Balaban J connectivity index is 2.28. The highest BCUT2D eigenvalue weighted by molar-refractivity contribution is 5.82. The molecule has 0 radical (unpaired) electrons. The summed E-state index contributed by atoms with van der Waals surface area (Å²) in [6, 6.07) is 9.73. The Kier molecular flexibility index (Phi) is 3.03. The fraction of sp³-hybridized carbons (Fsp3) is 0.250. The van der Waals surface area contributed by atoms with Crippen molar-refractivity contribution >= 4 is 11.0 Å². The number of fused-ring (bicyclic) bond motifs is 1. The van der Waals surface area contributed by atoms with E-state index < -0.39 is 0 Å². The average Bonchev–Trinajstić information content (AvgIpc) is 3.09. The third-order valence-corrected chi connectivity index (χ3v) is 3.50. The van der Waals surface area contributed by atoms with Gasteiger partial charge in [-0.25, -0.2) is 4.98 Å². The second kappa shape index (κ2) is 4.86. The lowest BCUT2D eigenvalue weighted by Gasteiger charge is -2.05. The monoisotopic (exact) mass is 265 g/mol. The van der Waals surface area contributed by atoms with Crippen molar-refractivity contribution in [2.45, 2.75) is 26.8 Å². The smallest absolute Gasteiger partial charge is 0.144 e. The number of imidazole rings is 1. The highest BCUT2D eigenvalue weighted by Gasteiger charge is 2.16. The Labute approximate surface area is 117 Å². The molecule has 0 aliphatic heterocycles. The van der Waals surface area contributed by atoms with E-state index in [1.165, 1.54) is 0 Å². The minimum atomic E-state index is 0.632. The van der Waals surface area contributed by atoms with E-state index in [1.807, 2.05) is 24.3 Å². The van der Waals surface area contributed by atoms with Gasteiger partial charge in [-0.2, -0.15) is 5.26 Å². The van der Waals surface area contributed by atoms with Gasteiger partial charge in [0.1, 0.15) is 11.6 Å². The van der Waals surface area contributed by atoms with Crippen molar-refractivity contribution in [3.63, 3.8) is 0 Å². The molecule has 4 nitrogen and oxygen atoms in total. The van der Waals surface area contributed by atoms with Gasteiger partial charge in [0.05, 0.1) is 34.5 Å². The van der Waals surface area contributed by atoms with Crippen LogP contribution in [-0.2, 0) is 13.0 Å². The minimum Gasteiger partial charge on any atom is -0.469 e. The zero-order chi connectivity index (χ0) is 14.1. The first-order chi connectivity index (χ1) is 9.78. The predicted octanol–water partition coefficient (Wildman–Crippen LogP) is 3.75. The average molecular weight is 265 g/mol. The molecule has 0 spiro atoms. The van der Waals surface area contributed by atoms with Crippen molar-refractivity contribution in [1.82, 2.24) is 9.55 Å². The Morgan fingerprint density at radius 3 is 2.85 bits per heavy atom. The van der Waals surface area contributed by atoms with E-state index >= 15 is 0 Å². The summed E-state index contributed by atoms with van der Waals surface area (Å²) in [5.41, 5.74) is 3.56. The van der Waals surface area contributed by atoms with Gasteiger partial charge in [-0.3, -0.25) is 0 Å². The molecule has 20 heavy (non-hydrogen) atoms. The van der Waals surface area contributed by atoms with Crippen molar-refractivity contribution in [2.75, 3.05) is 0 Å². The van der Waals surface area contributed by atoms with Crippen LogP contribution >= 0.6 is 0 Å². The molecule has 0 aliphatic rings. The van der Waals surface area contributed by atoms with E-state index in [0.29, 0.717) is 5.56 Å². The summed E-state index contributed by atoms with van der Waals surface area (Å²) in [7, 11) is 0. The number of nitriles is 1. The Bertz CT molecular complexity index is 805. The second-order valence-corrected chi connectivity index (χ2v) is 4.61. The van der Waals surface area contributed by atoms with Crippen LogP contribution in [0, 0.1) is 11.3 Å². The van der Waals surface area contributed by atoms with Crippen LogP contribution in [0.1, 0.15) is 25.2 Å². The van der Waals surface area contributed by atoms with Crippen molar-refractivity contribution in [3.05, 3.63) is 41.9 Å². The van der Waals surface area contributed by atoms with Crippen molar-refractivity contribution in [1.29, 1.82) is 5.26 Å². The summed E-state index contributed by atoms with van der Waals surface area (Å²) in [5, 5.41) is 9.00. The van der Waals surface area contributed by atoms with Crippen LogP contribution in [0.4, 0.5) is 0 Å². The van der Waals surface area contributed by atoms with Crippen LogP contribution in [0.2, 0.25) is 0 Å². The number of benzene rings is 1. The summed E-state index contributed by atoms with van der Waals surface area (Å²) in [4.78, 5) is 4.70. The van der Waals surface area contributed by atoms with Gasteiger partial charge in [-0.15, -0.1) is 0 Å². The van der Waals surface area contributed by atoms with Gasteiger partial charge in [0.2, 0.25) is 0 Å². The molecular weight excluding hydrogens is 250 g/mol. The molecule has 0 fully saturated rings. The van der Waals surface area contributed by atoms with E-state index in [-0.39, 0.29) is 0 Å². The Hall–Kier alpha value is -2.54. The van der Waals surface area contributed by atoms with Crippen LogP contribution in [0.3, 0.4) is 0 Å². The number of hydrogen-bond acceptors (Lipinski definition) is 3. The summed E-state index contributed by atoms with van der Waals surface area (Å²) in [6.45, 7) is 4.98. The molecule has 0 saturated heterocycles. The van der Waals surface area contributed by atoms with E-state index in [1.54, 1.807) is 6.26 Å². The zero-order valence-corrected chi connectivity index (χ0v) is 11.6. The van der Waals surface area contributed by atoms with Gasteiger partial charge >= 0.3 is 0 Å². The van der Waals surface area contributed by atoms with Gasteiger partial charge in [-0.05, 0) is 31.2 Å². The summed E-state index contributed by atoms with van der Waals surface area (Å²) < 4.78 is 7.66. The molecule has 0 N–H and O–H groups in total. The largest absolute Gasteiger partial charge is 0.469 e. The molecule has 0 atom stereocenters. The molecule has 4 heteroatoms. The Morgan fingerprint density at radius 2 is 2.15 bits per heavy atom. The van der Waals surface area contributed by atoms with Crippen molar-refractivity contribution in [2.24, 2.45) is 0 Å². The van der Waals surface area contributed by atoms with Crippen LogP contribution in [0.5, 0.6) is 0 Å². The van der Waals surface area contributed by atoms with Crippen molar-refractivity contribution < 1.29 is 4.42 Å². The summed E-state index contributed by atoms with van der Waals surface area (Å²) in [6.07, 6.45) is 2.53. The molecule has 3 rings (SSSR count). The van der Waals surface area contributed by atoms with Crippen molar-refractivity contribution in [3.8, 4) is 17.5 Å². The summed E-state index contributed by atoms with van der Waals surface area (Å²) >= 11 is 0. The van der Waals surface area contributed by atoms with Gasteiger partial charge < -0.3 is 8.98 Å². The SMILES string of the molecule is CCc1occc1-c1nc2cc(C#N)ccc2n1CC. The standard InChI is InChI=1S/C16H15N3O/c1-3-15-12(7-8-20-15)16-18-13-9-11(10-17)5-6-14(13)19(16)4-2/h5-9H,3-4H2,1-2H3. The molecule has 1 aromatic carbocycles. The lowest BCUT2D eigenvalue weighted by atomic mass is 10.2.